The van der Waals surface area contributed by atoms with Crippen LogP contribution in [0.3, 0.4) is 0 Å². The molecule has 3 aromatic rings. The van der Waals surface area contributed by atoms with Gasteiger partial charge in [0.25, 0.3) is 17.7 Å². The number of nitrogens with two attached hydrogens (primary N) is 1. The second-order valence-electron chi connectivity index (χ2n) is 17.2. The molecule has 4 N–H and O–H groups in total. The van der Waals surface area contributed by atoms with Crippen LogP contribution in [-0.2, 0) is 16.1 Å². The molecule has 6 aliphatic heterocycles. The molecule has 7 heterocycles. The van der Waals surface area contributed by atoms with Crippen LogP contribution in [-0.4, -0.2) is 137 Å². The van der Waals surface area contributed by atoms with Gasteiger partial charge in [-0.3, -0.25) is 39.1 Å². The molecular weight excluding hydrogens is 767 g/mol. The Hall–Kier alpha value is -6.10. The second kappa shape index (κ2) is 15.8. The molecule has 5 saturated heterocycles. The van der Waals surface area contributed by atoms with Crippen molar-refractivity contribution in [2.45, 2.75) is 70.0 Å². The number of amides is 7. The van der Waals surface area contributed by atoms with E-state index >= 15 is 0 Å². The summed E-state index contributed by atoms with van der Waals surface area (Å²) in [6, 6.07) is 12.7. The maximum atomic E-state index is 13.3. The molecule has 7 amide bonds. The van der Waals surface area contributed by atoms with E-state index in [1.54, 1.807) is 23.2 Å². The molecule has 17 nitrogen and oxygen atoms in total. The predicted octanol–water partition coefficient (Wildman–Crippen LogP) is 2.94. The molecule has 0 unspecified atom stereocenters. The Morgan fingerprint density at radius 1 is 0.867 bits per heavy atom. The van der Waals surface area contributed by atoms with Gasteiger partial charge in [0.15, 0.2) is 11.5 Å². The van der Waals surface area contributed by atoms with E-state index in [9.17, 15) is 28.8 Å². The number of fused-ring (bicyclic) bond motifs is 1. The van der Waals surface area contributed by atoms with E-state index in [0.717, 1.165) is 99.6 Å². The van der Waals surface area contributed by atoms with Gasteiger partial charge in [0.2, 0.25) is 11.8 Å². The number of carbonyl (C=O) groups is 6. The molecule has 2 aromatic carbocycles. The molecule has 1 aromatic heterocycles. The molecule has 1 spiro atoms. The lowest BCUT2D eigenvalue weighted by Gasteiger charge is -2.47. The fraction of sp³-hybridized carbons (Fsp3) is 0.488. The van der Waals surface area contributed by atoms with Crippen molar-refractivity contribution in [3.05, 3.63) is 71.0 Å². The van der Waals surface area contributed by atoms with E-state index in [1.807, 2.05) is 30.1 Å². The molecule has 314 valence electrons. The van der Waals surface area contributed by atoms with Crippen molar-refractivity contribution in [2.24, 2.45) is 11.1 Å². The number of nitrogens with one attached hydrogen (secondary N) is 2. The van der Waals surface area contributed by atoms with E-state index in [-0.39, 0.29) is 36.0 Å². The third kappa shape index (κ3) is 7.50. The first-order valence-electron chi connectivity index (χ1n) is 21.1. The number of primary amides is 1. The number of rotatable bonds is 9. The zero-order valence-corrected chi connectivity index (χ0v) is 33.9. The molecule has 5 fully saturated rings. The first kappa shape index (κ1) is 39.4. The lowest BCUT2D eigenvalue weighted by molar-refractivity contribution is -0.136. The SMILES string of the molecule is CN1CCN([C@@H]2CCCN(c3cnc(C(N)=O)c(Nc4ccc(N5CCC6(CCN(Cc7ccc8c(c7)C(=O)N([C@@H]7CCC(=O)NC7=O)C8=O)CC6)CC5)cc4)n3)C2)C1=O. The fourth-order valence-corrected chi connectivity index (χ4v) is 9.92. The molecule has 0 bridgehead atoms. The van der Waals surface area contributed by atoms with Gasteiger partial charge < -0.3 is 30.7 Å². The van der Waals surface area contributed by atoms with Gasteiger partial charge in [-0.2, -0.15) is 0 Å². The zero-order valence-electron chi connectivity index (χ0n) is 33.9. The van der Waals surface area contributed by atoms with Crippen LogP contribution in [0.1, 0.15) is 88.1 Å². The smallest absolute Gasteiger partial charge is 0.320 e. The summed E-state index contributed by atoms with van der Waals surface area (Å²) in [5.41, 5.74) is 9.53. The average Bonchev–Trinajstić information content (AvgIpc) is 3.71. The van der Waals surface area contributed by atoms with Crippen LogP contribution in [0.25, 0.3) is 0 Å². The van der Waals surface area contributed by atoms with E-state index in [0.29, 0.717) is 42.4 Å². The molecule has 0 saturated carbocycles. The van der Waals surface area contributed by atoms with Crippen LogP contribution >= 0.6 is 0 Å². The Kier molecular flexibility index (Phi) is 10.4. The van der Waals surface area contributed by atoms with Gasteiger partial charge in [-0.05, 0) is 105 Å². The van der Waals surface area contributed by atoms with Gasteiger partial charge in [-0.15, -0.1) is 0 Å². The number of imide groups is 2. The summed E-state index contributed by atoms with van der Waals surface area (Å²) in [6.07, 6.45) is 8.02. The van der Waals surface area contributed by atoms with Gasteiger partial charge in [0.1, 0.15) is 11.9 Å². The third-order valence-corrected chi connectivity index (χ3v) is 13.5. The fourth-order valence-electron chi connectivity index (χ4n) is 9.92. The van der Waals surface area contributed by atoms with Crippen molar-refractivity contribution >= 4 is 58.6 Å². The van der Waals surface area contributed by atoms with E-state index < -0.39 is 35.6 Å². The molecule has 2 atom stereocenters. The Morgan fingerprint density at radius 3 is 2.30 bits per heavy atom. The molecule has 0 radical (unpaired) electrons. The number of anilines is 4. The number of likely N-dealkylation sites (N-methyl/N-ethyl adjacent to an activating group) is 1. The van der Waals surface area contributed by atoms with Crippen LogP contribution < -0.4 is 26.2 Å². The predicted molar refractivity (Wildman–Crippen MR) is 222 cm³/mol. The maximum Gasteiger partial charge on any atom is 0.320 e. The number of carbonyl (C=O) groups excluding carboxylic acids is 6. The second-order valence-corrected chi connectivity index (χ2v) is 17.2. The number of hydrogen-bond acceptors (Lipinski definition) is 12. The Morgan fingerprint density at radius 2 is 1.60 bits per heavy atom. The minimum atomic E-state index is -0.973. The van der Waals surface area contributed by atoms with E-state index in [1.165, 1.54) is 0 Å². The van der Waals surface area contributed by atoms with Crippen molar-refractivity contribution in [3.63, 3.8) is 0 Å². The van der Waals surface area contributed by atoms with Crippen LogP contribution in [0, 0.1) is 5.41 Å². The molecule has 6 aliphatic rings. The van der Waals surface area contributed by atoms with Crippen LogP contribution in [0.4, 0.5) is 27.8 Å². The topological polar surface area (TPSA) is 198 Å². The van der Waals surface area contributed by atoms with Crippen molar-refractivity contribution in [1.29, 1.82) is 0 Å². The first-order chi connectivity index (χ1) is 28.9. The minimum Gasteiger partial charge on any atom is -0.371 e. The largest absolute Gasteiger partial charge is 0.371 e. The lowest BCUT2D eigenvalue weighted by atomic mass is 9.71. The van der Waals surface area contributed by atoms with Crippen molar-refractivity contribution < 1.29 is 28.8 Å². The number of urea groups is 1. The highest BCUT2D eigenvalue weighted by Gasteiger charge is 2.45. The molecular formula is C43H51N11O6. The Bertz CT molecular complexity index is 2230. The highest BCUT2D eigenvalue weighted by Crippen LogP contribution is 2.43. The quantitative estimate of drug-likeness (QED) is 0.268. The number of aromatic nitrogens is 2. The van der Waals surface area contributed by atoms with Gasteiger partial charge >= 0.3 is 6.03 Å². The van der Waals surface area contributed by atoms with Gasteiger partial charge in [0, 0.05) is 70.7 Å². The van der Waals surface area contributed by atoms with Crippen molar-refractivity contribution in [1.82, 2.24) is 34.9 Å². The molecule has 0 aliphatic carbocycles. The van der Waals surface area contributed by atoms with Crippen LogP contribution in [0.2, 0.25) is 0 Å². The highest BCUT2D eigenvalue weighted by molar-refractivity contribution is 6.23. The van der Waals surface area contributed by atoms with Crippen LogP contribution in [0.5, 0.6) is 0 Å². The number of piperidine rings is 4. The van der Waals surface area contributed by atoms with Gasteiger partial charge in [-0.1, -0.05) is 6.07 Å². The maximum absolute atomic E-state index is 13.3. The van der Waals surface area contributed by atoms with Gasteiger partial charge in [0.05, 0.1) is 23.4 Å². The summed E-state index contributed by atoms with van der Waals surface area (Å²) in [5, 5.41) is 5.54. The number of benzene rings is 2. The van der Waals surface area contributed by atoms with E-state index in [2.05, 4.69) is 42.5 Å². The number of nitrogens with zero attached hydrogens (tertiary/aromatic N) is 8. The highest BCUT2D eigenvalue weighted by atomic mass is 16.2. The Labute approximate surface area is 348 Å². The number of hydrogen-bond donors (Lipinski definition) is 3. The third-order valence-electron chi connectivity index (χ3n) is 13.5. The monoisotopic (exact) mass is 817 g/mol. The summed E-state index contributed by atoms with van der Waals surface area (Å²) in [4.78, 5) is 96.5. The van der Waals surface area contributed by atoms with Crippen LogP contribution in [0.15, 0.2) is 48.7 Å². The summed E-state index contributed by atoms with van der Waals surface area (Å²) in [6.45, 7) is 7.32. The van der Waals surface area contributed by atoms with Gasteiger partial charge in [-0.25, -0.2) is 14.8 Å². The summed E-state index contributed by atoms with van der Waals surface area (Å²) >= 11 is 0. The summed E-state index contributed by atoms with van der Waals surface area (Å²) in [7, 11) is 1.83. The van der Waals surface area contributed by atoms with Crippen molar-refractivity contribution in [2.75, 3.05) is 74.5 Å². The first-order valence-corrected chi connectivity index (χ1v) is 21.1. The molecule has 9 rings (SSSR count). The Balaban J connectivity index is 0.777. The lowest BCUT2D eigenvalue weighted by Crippen LogP contribution is -2.54. The average molecular weight is 818 g/mol. The van der Waals surface area contributed by atoms with Crippen molar-refractivity contribution in [3.8, 4) is 0 Å². The molecule has 60 heavy (non-hydrogen) atoms. The normalized spacial score (nSPS) is 23.4. The summed E-state index contributed by atoms with van der Waals surface area (Å²) < 4.78 is 0. The van der Waals surface area contributed by atoms with E-state index in [4.69, 9.17) is 10.7 Å². The number of likely N-dealkylation sites (tertiary alicyclic amines) is 1. The zero-order chi connectivity index (χ0) is 41.7. The summed E-state index contributed by atoms with van der Waals surface area (Å²) in [5.74, 6) is -1.70. The standard InChI is InChI=1S/C43H51N11O6/c1-49-21-22-53(42(49)60)30-3-2-16-52(26-30)34-24-45-36(37(44)56)38(47-34)46-28-5-7-29(8-6-28)51-19-14-43(15-20-51)12-17-50(18-13-43)25-27-4-9-31-32(23-27)41(59)54(40(31)58)33-10-11-35(55)48-39(33)57/h4-9,23-24,30,33H,2-3,10-22,25-26H2,1H3,(H2,44,56)(H,46,47)(H,48,55,57)/t30-,33-/m1/s1. The molecule has 17 heteroatoms. The minimum absolute atomic E-state index is 0.0583.